The second-order valence-corrected chi connectivity index (χ2v) is 7.44. The zero-order valence-electron chi connectivity index (χ0n) is 15.6. The molecule has 0 bridgehead atoms. The fourth-order valence-electron chi connectivity index (χ4n) is 2.45. The van der Waals surface area contributed by atoms with Crippen LogP contribution in [-0.4, -0.2) is 13.2 Å². The smallest absolute Gasteiger partial charge is 0.163 e. The highest BCUT2D eigenvalue weighted by Crippen LogP contribution is 2.34. The normalized spacial score (nSPS) is 11.0. The van der Waals surface area contributed by atoms with Crippen molar-refractivity contribution in [1.82, 2.24) is 5.32 Å². The monoisotopic (exact) mass is 395 g/mol. The first-order valence-electron chi connectivity index (χ1n) is 9.02. The van der Waals surface area contributed by atoms with Crippen molar-refractivity contribution in [2.75, 3.05) is 13.2 Å². The van der Waals surface area contributed by atoms with Crippen LogP contribution >= 0.6 is 23.2 Å². The van der Waals surface area contributed by atoms with Crippen molar-refractivity contribution >= 4 is 23.2 Å². The van der Waals surface area contributed by atoms with Crippen LogP contribution in [0.3, 0.4) is 0 Å². The summed E-state index contributed by atoms with van der Waals surface area (Å²) in [6.45, 7) is 9.07. The molecule has 0 aliphatic carbocycles. The standard InChI is InChI=1S/C21H27Cl2NO2/c1-4-25-20-11-17(13-24-10-9-15(2)3)19(23)12-21(20)26-14-16-5-7-18(22)8-6-16/h5-8,11-12,15,24H,4,9-10,13-14H2,1-3H3. The molecule has 142 valence electrons. The molecule has 5 heteroatoms. The predicted octanol–water partition coefficient (Wildman–Crippen LogP) is 6.11. The van der Waals surface area contributed by atoms with E-state index in [1.165, 1.54) is 0 Å². The first kappa shape index (κ1) is 20.9. The topological polar surface area (TPSA) is 30.5 Å². The molecule has 0 aliphatic rings. The maximum absolute atomic E-state index is 6.45. The number of rotatable bonds is 10. The number of hydrogen-bond acceptors (Lipinski definition) is 3. The van der Waals surface area contributed by atoms with Crippen LogP contribution in [0.2, 0.25) is 10.0 Å². The highest BCUT2D eigenvalue weighted by atomic mass is 35.5. The Morgan fingerprint density at radius 2 is 1.69 bits per heavy atom. The molecule has 2 aromatic carbocycles. The average molecular weight is 396 g/mol. The summed E-state index contributed by atoms with van der Waals surface area (Å²) in [6, 6.07) is 11.4. The van der Waals surface area contributed by atoms with E-state index in [1.807, 2.05) is 43.3 Å². The minimum absolute atomic E-state index is 0.430. The lowest BCUT2D eigenvalue weighted by Gasteiger charge is -2.15. The Morgan fingerprint density at radius 1 is 1.00 bits per heavy atom. The summed E-state index contributed by atoms with van der Waals surface area (Å²) < 4.78 is 11.7. The average Bonchev–Trinajstić information content (AvgIpc) is 2.61. The van der Waals surface area contributed by atoms with Gasteiger partial charge in [0, 0.05) is 22.7 Å². The van der Waals surface area contributed by atoms with Gasteiger partial charge in [0.05, 0.1) is 6.61 Å². The van der Waals surface area contributed by atoms with Gasteiger partial charge in [-0.25, -0.2) is 0 Å². The third kappa shape index (κ3) is 6.71. The van der Waals surface area contributed by atoms with Crippen molar-refractivity contribution in [3.63, 3.8) is 0 Å². The second kappa shape index (κ2) is 10.7. The molecule has 0 radical (unpaired) electrons. The van der Waals surface area contributed by atoms with Crippen molar-refractivity contribution in [2.45, 2.75) is 40.3 Å². The quantitative estimate of drug-likeness (QED) is 0.492. The van der Waals surface area contributed by atoms with Crippen molar-refractivity contribution < 1.29 is 9.47 Å². The van der Waals surface area contributed by atoms with E-state index >= 15 is 0 Å². The van der Waals surface area contributed by atoms with Crippen molar-refractivity contribution in [3.05, 3.63) is 57.6 Å². The van der Waals surface area contributed by atoms with Gasteiger partial charge < -0.3 is 14.8 Å². The molecule has 0 spiro atoms. The fraction of sp³-hybridized carbons (Fsp3) is 0.429. The zero-order chi connectivity index (χ0) is 18.9. The molecular weight excluding hydrogens is 369 g/mol. The van der Waals surface area contributed by atoms with Crippen LogP contribution in [-0.2, 0) is 13.2 Å². The van der Waals surface area contributed by atoms with Crippen molar-refractivity contribution in [3.8, 4) is 11.5 Å². The Bertz CT molecular complexity index is 687. The molecular formula is C21H27Cl2NO2. The summed E-state index contributed by atoms with van der Waals surface area (Å²) in [5.74, 6) is 2.05. The van der Waals surface area contributed by atoms with Crippen LogP contribution in [0.1, 0.15) is 38.3 Å². The molecule has 2 rings (SSSR count). The molecule has 0 atom stereocenters. The predicted molar refractivity (Wildman–Crippen MR) is 110 cm³/mol. The number of ether oxygens (including phenoxy) is 2. The first-order valence-corrected chi connectivity index (χ1v) is 9.78. The van der Waals surface area contributed by atoms with E-state index in [4.69, 9.17) is 32.7 Å². The van der Waals surface area contributed by atoms with E-state index in [1.54, 1.807) is 0 Å². The molecule has 0 heterocycles. The Labute approximate surface area is 166 Å². The SMILES string of the molecule is CCOc1cc(CNCCC(C)C)c(Cl)cc1OCc1ccc(Cl)cc1. The molecule has 0 aromatic heterocycles. The molecule has 0 amide bonds. The van der Waals surface area contributed by atoms with Gasteiger partial charge in [0.15, 0.2) is 11.5 Å². The third-order valence-electron chi connectivity index (χ3n) is 3.93. The van der Waals surface area contributed by atoms with Gasteiger partial charge in [-0.1, -0.05) is 49.2 Å². The summed E-state index contributed by atoms with van der Waals surface area (Å²) in [5.41, 5.74) is 2.05. The van der Waals surface area contributed by atoms with Crippen LogP contribution in [0.5, 0.6) is 11.5 Å². The lowest BCUT2D eigenvalue weighted by Crippen LogP contribution is -2.16. The minimum Gasteiger partial charge on any atom is -0.490 e. The van der Waals surface area contributed by atoms with Crippen molar-refractivity contribution in [2.24, 2.45) is 5.92 Å². The third-order valence-corrected chi connectivity index (χ3v) is 4.54. The van der Waals surface area contributed by atoms with Gasteiger partial charge in [-0.3, -0.25) is 0 Å². The number of hydrogen-bond donors (Lipinski definition) is 1. The van der Waals surface area contributed by atoms with E-state index in [2.05, 4.69) is 19.2 Å². The Balaban J connectivity index is 2.05. The molecule has 3 nitrogen and oxygen atoms in total. The van der Waals surface area contributed by atoms with Crippen LogP contribution in [0, 0.1) is 5.92 Å². The van der Waals surface area contributed by atoms with E-state index in [0.717, 1.165) is 24.1 Å². The van der Waals surface area contributed by atoms with Gasteiger partial charge >= 0.3 is 0 Å². The molecule has 0 saturated carbocycles. The first-order chi connectivity index (χ1) is 12.5. The number of benzene rings is 2. The number of nitrogens with one attached hydrogen (secondary N) is 1. The molecule has 2 aromatic rings. The summed E-state index contributed by atoms with van der Waals surface area (Å²) in [7, 11) is 0. The van der Waals surface area contributed by atoms with Crippen molar-refractivity contribution in [1.29, 1.82) is 0 Å². The van der Waals surface area contributed by atoms with Gasteiger partial charge in [-0.2, -0.15) is 0 Å². The largest absolute Gasteiger partial charge is 0.490 e. The molecule has 0 saturated heterocycles. The lowest BCUT2D eigenvalue weighted by molar-refractivity contribution is 0.269. The van der Waals surface area contributed by atoms with Gasteiger partial charge in [0.1, 0.15) is 6.61 Å². The lowest BCUT2D eigenvalue weighted by atomic mass is 10.1. The minimum atomic E-state index is 0.430. The van der Waals surface area contributed by atoms with Crippen LogP contribution in [0.25, 0.3) is 0 Å². The Hall–Kier alpha value is -1.42. The van der Waals surface area contributed by atoms with Gasteiger partial charge in [-0.15, -0.1) is 0 Å². The molecule has 0 fully saturated rings. The highest BCUT2D eigenvalue weighted by Gasteiger charge is 2.11. The summed E-state index contributed by atoms with van der Waals surface area (Å²) >= 11 is 12.4. The Morgan fingerprint density at radius 3 is 2.35 bits per heavy atom. The summed E-state index contributed by atoms with van der Waals surface area (Å²) in [4.78, 5) is 0. The van der Waals surface area contributed by atoms with Gasteiger partial charge in [0.25, 0.3) is 0 Å². The van der Waals surface area contributed by atoms with E-state index in [0.29, 0.717) is 47.2 Å². The fourth-order valence-corrected chi connectivity index (χ4v) is 2.80. The summed E-state index contributed by atoms with van der Waals surface area (Å²) in [6.07, 6.45) is 1.14. The maximum Gasteiger partial charge on any atom is 0.163 e. The van der Waals surface area contributed by atoms with E-state index < -0.39 is 0 Å². The van der Waals surface area contributed by atoms with E-state index in [9.17, 15) is 0 Å². The highest BCUT2D eigenvalue weighted by molar-refractivity contribution is 6.31. The number of halogens is 2. The molecule has 0 aliphatic heterocycles. The Kier molecular flexibility index (Phi) is 8.56. The van der Waals surface area contributed by atoms with Gasteiger partial charge in [-0.05, 0) is 55.1 Å². The molecule has 1 N–H and O–H groups in total. The van der Waals surface area contributed by atoms with Crippen LogP contribution < -0.4 is 14.8 Å². The maximum atomic E-state index is 6.45. The molecule has 26 heavy (non-hydrogen) atoms. The van der Waals surface area contributed by atoms with Crippen LogP contribution in [0.15, 0.2) is 36.4 Å². The van der Waals surface area contributed by atoms with Gasteiger partial charge in [0.2, 0.25) is 0 Å². The van der Waals surface area contributed by atoms with Crippen LogP contribution in [0.4, 0.5) is 0 Å². The summed E-state index contributed by atoms with van der Waals surface area (Å²) in [5, 5.41) is 4.82. The zero-order valence-corrected chi connectivity index (χ0v) is 17.2. The second-order valence-electron chi connectivity index (χ2n) is 6.60. The molecule has 0 unspecified atom stereocenters. The van der Waals surface area contributed by atoms with E-state index in [-0.39, 0.29) is 0 Å².